The summed E-state index contributed by atoms with van der Waals surface area (Å²) in [6.07, 6.45) is 1.91. The molecule has 0 atom stereocenters. The van der Waals surface area contributed by atoms with Gasteiger partial charge in [0.15, 0.2) is 0 Å². The van der Waals surface area contributed by atoms with Crippen LogP contribution in [0.5, 0.6) is 0 Å². The van der Waals surface area contributed by atoms with Gasteiger partial charge in [0.2, 0.25) is 0 Å². The van der Waals surface area contributed by atoms with Crippen molar-refractivity contribution in [3.63, 3.8) is 0 Å². The van der Waals surface area contributed by atoms with Gasteiger partial charge in [0, 0.05) is 6.61 Å². The van der Waals surface area contributed by atoms with Gasteiger partial charge in [-0.1, -0.05) is 23.8 Å². The van der Waals surface area contributed by atoms with Gasteiger partial charge in [0.25, 0.3) is 0 Å². The summed E-state index contributed by atoms with van der Waals surface area (Å²) in [6.45, 7) is 6.45. The van der Waals surface area contributed by atoms with Crippen LogP contribution in [0.4, 0.5) is 0 Å². The fourth-order valence-electron chi connectivity index (χ4n) is 1.68. The molecule has 0 heterocycles. The lowest BCUT2D eigenvalue weighted by molar-refractivity contribution is 0.286. The van der Waals surface area contributed by atoms with Crippen LogP contribution in [0, 0.1) is 13.8 Å². The molecule has 0 aliphatic carbocycles. The summed E-state index contributed by atoms with van der Waals surface area (Å²) in [5.41, 5.74) is 4.11. The highest BCUT2D eigenvalue weighted by atomic mass is 16.3. The van der Waals surface area contributed by atoms with Crippen LogP contribution in [0.15, 0.2) is 18.2 Å². The number of aliphatic hydroxyl groups is 1. The molecule has 0 spiro atoms. The minimum Gasteiger partial charge on any atom is -0.396 e. The summed E-state index contributed by atoms with van der Waals surface area (Å²) in [5.74, 6) is 0. The van der Waals surface area contributed by atoms with E-state index >= 15 is 0 Å². The summed E-state index contributed by atoms with van der Waals surface area (Å²) >= 11 is 0. The van der Waals surface area contributed by atoms with E-state index in [1.165, 1.54) is 16.7 Å². The average molecular weight is 207 g/mol. The Morgan fingerprint density at radius 3 is 2.67 bits per heavy atom. The molecule has 0 aliphatic heterocycles. The van der Waals surface area contributed by atoms with Crippen molar-refractivity contribution in [3.05, 3.63) is 34.9 Å². The van der Waals surface area contributed by atoms with E-state index in [0.29, 0.717) is 0 Å². The van der Waals surface area contributed by atoms with Gasteiger partial charge in [-0.3, -0.25) is 0 Å². The van der Waals surface area contributed by atoms with E-state index in [9.17, 15) is 0 Å². The van der Waals surface area contributed by atoms with Crippen LogP contribution in [0.2, 0.25) is 0 Å². The average Bonchev–Trinajstić information content (AvgIpc) is 2.20. The number of rotatable bonds is 6. The van der Waals surface area contributed by atoms with Crippen molar-refractivity contribution in [2.24, 2.45) is 0 Å². The van der Waals surface area contributed by atoms with Gasteiger partial charge in [-0.25, -0.2) is 0 Å². The van der Waals surface area contributed by atoms with Crippen LogP contribution in [0.25, 0.3) is 0 Å². The number of aryl methyl sites for hydroxylation is 2. The molecule has 1 aromatic rings. The van der Waals surface area contributed by atoms with E-state index < -0.39 is 0 Å². The molecular weight excluding hydrogens is 186 g/mol. The second-order valence-corrected chi connectivity index (χ2v) is 4.01. The molecule has 0 aromatic heterocycles. The first-order chi connectivity index (χ1) is 7.24. The molecule has 1 aromatic carbocycles. The zero-order valence-electron chi connectivity index (χ0n) is 9.71. The van der Waals surface area contributed by atoms with Crippen molar-refractivity contribution >= 4 is 0 Å². The van der Waals surface area contributed by atoms with Crippen molar-refractivity contribution in [2.75, 3.05) is 19.7 Å². The quantitative estimate of drug-likeness (QED) is 0.697. The zero-order valence-corrected chi connectivity index (χ0v) is 9.71. The summed E-state index contributed by atoms with van der Waals surface area (Å²) in [7, 11) is 0. The molecule has 84 valence electrons. The number of hydrogen-bond donors (Lipinski definition) is 2. The van der Waals surface area contributed by atoms with Crippen LogP contribution in [0.3, 0.4) is 0 Å². The third kappa shape index (κ3) is 4.45. The van der Waals surface area contributed by atoms with E-state index in [1.54, 1.807) is 0 Å². The highest BCUT2D eigenvalue weighted by molar-refractivity contribution is 5.30. The van der Waals surface area contributed by atoms with Gasteiger partial charge in [-0.05, 0) is 50.9 Å². The predicted molar refractivity (Wildman–Crippen MR) is 64.2 cm³/mol. The Hall–Kier alpha value is -0.860. The van der Waals surface area contributed by atoms with E-state index in [1.807, 2.05) is 0 Å². The normalized spacial score (nSPS) is 10.6. The largest absolute Gasteiger partial charge is 0.396 e. The van der Waals surface area contributed by atoms with E-state index in [-0.39, 0.29) is 6.61 Å². The first-order valence-corrected chi connectivity index (χ1v) is 5.61. The monoisotopic (exact) mass is 207 g/mol. The Labute approximate surface area is 92.3 Å². The highest BCUT2D eigenvalue weighted by Gasteiger charge is 1.97. The van der Waals surface area contributed by atoms with Crippen molar-refractivity contribution in [1.29, 1.82) is 0 Å². The molecule has 0 fully saturated rings. The van der Waals surface area contributed by atoms with Gasteiger partial charge in [0.05, 0.1) is 0 Å². The summed E-state index contributed by atoms with van der Waals surface area (Å²) in [6, 6.07) is 6.59. The van der Waals surface area contributed by atoms with E-state index in [4.69, 9.17) is 5.11 Å². The van der Waals surface area contributed by atoms with E-state index in [0.717, 1.165) is 25.9 Å². The lowest BCUT2D eigenvalue weighted by Crippen LogP contribution is -2.19. The molecule has 2 nitrogen and oxygen atoms in total. The fourth-order valence-corrected chi connectivity index (χ4v) is 1.68. The third-order valence-corrected chi connectivity index (χ3v) is 2.58. The Balaban J connectivity index is 2.31. The van der Waals surface area contributed by atoms with Gasteiger partial charge in [-0.2, -0.15) is 0 Å². The molecule has 0 amide bonds. The maximum Gasteiger partial charge on any atom is 0.0443 e. The van der Waals surface area contributed by atoms with Crippen LogP contribution in [-0.2, 0) is 6.42 Å². The lowest BCUT2D eigenvalue weighted by Gasteiger charge is -2.07. The maximum absolute atomic E-state index is 8.62. The number of aliphatic hydroxyl groups excluding tert-OH is 1. The first kappa shape index (κ1) is 12.2. The molecule has 0 bridgehead atoms. The van der Waals surface area contributed by atoms with Crippen molar-refractivity contribution in [1.82, 2.24) is 5.32 Å². The molecule has 2 heteroatoms. The van der Waals surface area contributed by atoms with Crippen LogP contribution in [-0.4, -0.2) is 24.8 Å². The smallest absolute Gasteiger partial charge is 0.0443 e. The lowest BCUT2D eigenvalue weighted by atomic mass is 10.0. The summed E-state index contributed by atoms with van der Waals surface area (Å²) < 4.78 is 0. The fraction of sp³-hybridized carbons (Fsp3) is 0.538. The Morgan fingerprint density at radius 1 is 1.20 bits per heavy atom. The van der Waals surface area contributed by atoms with Crippen LogP contribution in [0.1, 0.15) is 23.1 Å². The Bertz CT molecular complexity index is 297. The van der Waals surface area contributed by atoms with E-state index in [2.05, 4.69) is 37.4 Å². The predicted octanol–water partition coefficient (Wildman–Crippen LogP) is 1.82. The number of benzene rings is 1. The first-order valence-electron chi connectivity index (χ1n) is 5.61. The molecule has 0 unspecified atom stereocenters. The van der Waals surface area contributed by atoms with Gasteiger partial charge in [0.1, 0.15) is 0 Å². The van der Waals surface area contributed by atoms with Crippen molar-refractivity contribution in [3.8, 4) is 0 Å². The molecule has 15 heavy (non-hydrogen) atoms. The zero-order chi connectivity index (χ0) is 11.1. The molecule has 0 aliphatic rings. The van der Waals surface area contributed by atoms with Crippen molar-refractivity contribution in [2.45, 2.75) is 26.7 Å². The number of hydrogen-bond acceptors (Lipinski definition) is 2. The maximum atomic E-state index is 8.62. The van der Waals surface area contributed by atoms with Crippen LogP contribution >= 0.6 is 0 Å². The minimum atomic E-state index is 0.274. The van der Waals surface area contributed by atoms with Gasteiger partial charge in [-0.15, -0.1) is 0 Å². The second kappa shape index (κ2) is 6.59. The molecule has 1 rings (SSSR count). The summed E-state index contributed by atoms with van der Waals surface area (Å²) in [5, 5.41) is 11.9. The number of nitrogens with one attached hydrogen (secondary N) is 1. The molecule has 2 N–H and O–H groups in total. The minimum absolute atomic E-state index is 0.274. The topological polar surface area (TPSA) is 32.3 Å². The van der Waals surface area contributed by atoms with Crippen molar-refractivity contribution < 1.29 is 5.11 Å². The molecule has 0 saturated heterocycles. The van der Waals surface area contributed by atoms with Crippen LogP contribution < -0.4 is 5.32 Å². The SMILES string of the molecule is Cc1ccc(CCNCCCO)c(C)c1. The molecule has 0 radical (unpaired) electrons. The Kier molecular flexibility index (Phi) is 5.37. The standard InChI is InChI=1S/C13H21NO/c1-11-4-5-13(12(2)10-11)6-8-14-7-3-9-15/h4-5,10,14-15H,3,6-9H2,1-2H3. The molecular formula is C13H21NO. The second-order valence-electron chi connectivity index (χ2n) is 4.01. The third-order valence-electron chi connectivity index (χ3n) is 2.58. The van der Waals surface area contributed by atoms with Gasteiger partial charge >= 0.3 is 0 Å². The Morgan fingerprint density at radius 2 is 2.00 bits per heavy atom. The molecule has 0 saturated carbocycles. The van der Waals surface area contributed by atoms with Gasteiger partial charge < -0.3 is 10.4 Å². The summed E-state index contributed by atoms with van der Waals surface area (Å²) in [4.78, 5) is 0. The highest BCUT2D eigenvalue weighted by Crippen LogP contribution is 2.10.